The summed E-state index contributed by atoms with van der Waals surface area (Å²) in [5.74, 6) is 0.0216. The molecule has 1 aromatic heterocycles. The number of anilines is 1. The van der Waals surface area contributed by atoms with Crippen molar-refractivity contribution in [3.05, 3.63) is 47.8 Å². The van der Waals surface area contributed by atoms with E-state index in [0.29, 0.717) is 17.1 Å². The van der Waals surface area contributed by atoms with Gasteiger partial charge in [0.05, 0.1) is 11.1 Å². The largest absolute Gasteiger partial charge is 0.309 e. The number of nitrogens with one attached hydrogen (secondary N) is 2. The third-order valence-corrected chi connectivity index (χ3v) is 4.08. The van der Waals surface area contributed by atoms with Gasteiger partial charge >= 0.3 is 0 Å². The van der Waals surface area contributed by atoms with Crippen LogP contribution >= 0.6 is 0 Å². The highest BCUT2D eigenvalue weighted by Gasteiger charge is 2.34. The molecule has 1 amide bonds. The highest BCUT2D eigenvalue weighted by Crippen LogP contribution is 2.34. The number of carbonyl (C=O) groups excluding carboxylic acids is 1. The van der Waals surface area contributed by atoms with Crippen molar-refractivity contribution in [3.8, 4) is 11.3 Å². The molecule has 0 spiro atoms. The molecule has 1 aromatic carbocycles. The van der Waals surface area contributed by atoms with Crippen LogP contribution in [0.1, 0.15) is 25.3 Å². The third kappa shape index (κ3) is 2.66. The number of aromatic nitrogens is 2. The molecule has 2 N–H and O–H groups in total. The number of benzene rings is 1. The zero-order valence-corrected chi connectivity index (χ0v) is 12.6. The van der Waals surface area contributed by atoms with E-state index in [-0.39, 0.29) is 11.7 Å². The molecule has 0 aliphatic heterocycles. The molecule has 4 nitrogen and oxygen atoms in total. The van der Waals surface area contributed by atoms with Gasteiger partial charge in [0.1, 0.15) is 5.82 Å². The van der Waals surface area contributed by atoms with Crippen molar-refractivity contribution in [2.45, 2.75) is 26.7 Å². The van der Waals surface area contributed by atoms with E-state index in [4.69, 9.17) is 0 Å². The van der Waals surface area contributed by atoms with E-state index in [1.807, 2.05) is 26.0 Å². The summed E-state index contributed by atoms with van der Waals surface area (Å²) >= 11 is 0. The fourth-order valence-corrected chi connectivity index (χ4v) is 2.59. The molecule has 0 atom stereocenters. The summed E-state index contributed by atoms with van der Waals surface area (Å²) < 4.78 is 13.9. The molecule has 0 saturated heterocycles. The lowest BCUT2D eigenvalue weighted by Crippen LogP contribution is -2.31. The molecule has 114 valence electrons. The number of aryl methyl sites for hydroxylation is 1. The van der Waals surface area contributed by atoms with Crippen molar-refractivity contribution >= 4 is 11.7 Å². The molecule has 0 bridgehead atoms. The van der Waals surface area contributed by atoms with Crippen molar-refractivity contribution in [2.24, 2.45) is 5.41 Å². The van der Waals surface area contributed by atoms with E-state index in [2.05, 4.69) is 15.5 Å². The van der Waals surface area contributed by atoms with Gasteiger partial charge in [0.2, 0.25) is 5.91 Å². The standard InChI is InChI=1S/C17H18FN3O/c1-11-5-6-13(18)12(9-11)14-10-15(21-20-14)19-16(22)17(2)7-3-4-8-17/h3-6,9-10H,7-8H2,1-2H3,(H2,19,20,21,22). The lowest BCUT2D eigenvalue weighted by molar-refractivity contribution is -0.124. The zero-order valence-electron chi connectivity index (χ0n) is 12.6. The maximum atomic E-state index is 13.9. The summed E-state index contributed by atoms with van der Waals surface area (Å²) in [4.78, 5) is 12.3. The topological polar surface area (TPSA) is 57.8 Å². The molecule has 5 heteroatoms. The number of allylic oxidation sites excluding steroid dienone is 2. The Labute approximate surface area is 128 Å². The Morgan fingerprint density at radius 3 is 2.77 bits per heavy atom. The Kier molecular flexibility index (Phi) is 3.56. The minimum Gasteiger partial charge on any atom is -0.309 e. The van der Waals surface area contributed by atoms with E-state index in [1.165, 1.54) is 6.07 Å². The van der Waals surface area contributed by atoms with E-state index in [9.17, 15) is 9.18 Å². The van der Waals surface area contributed by atoms with Gasteiger partial charge in [0.25, 0.3) is 0 Å². The Morgan fingerprint density at radius 1 is 1.32 bits per heavy atom. The molecular formula is C17H18FN3O. The van der Waals surface area contributed by atoms with Gasteiger partial charge in [-0.25, -0.2) is 4.39 Å². The average molecular weight is 299 g/mol. The van der Waals surface area contributed by atoms with Crippen molar-refractivity contribution in [1.82, 2.24) is 10.2 Å². The molecule has 0 fully saturated rings. The van der Waals surface area contributed by atoms with Crippen molar-refractivity contribution in [1.29, 1.82) is 0 Å². The van der Waals surface area contributed by atoms with E-state index < -0.39 is 5.41 Å². The van der Waals surface area contributed by atoms with E-state index in [1.54, 1.807) is 18.2 Å². The fraction of sp³-hybridized carbons (Fsp3) is 0.294. The normalized spacial score (nSPS) is 16.0. The third-order valence-electron chi connectivity index (χ3n) is 4.08. The lowest BCUT2D eigenvalue weighted by atomic mass is 9.87. The summed E-state index contributed by atoms with van der Waals surface area (Å²) in [6.07, 6.45) is 5.47. The molecule has 1 heterocycles. The number of hydrogen-bond donors (Lipinski definition) is 2. The molecule has 0 saturated carbocycles. The molecule has 22 heavy (non-hydrogen) atoms. The minimum atomic E-state index is -0.423. The Balaban J connectivity index is 1.79. The number of halogens is 1. The highest BCUT2D eigenvalue weighted by molar-refractivity contribution is 5.95. The Bertz CT molecular complexity index is 740. The van der Waals surface area contributed by atoms with Gasteiger partial charge in [-0.1, -0.05) is 30.7 Å². The zero-order chi connectivity index (χ0) is 15.7. The van der Waals surface area contributed by atoms with Gasteiger partial charge < -0.3 is 5.32 Å². The smallest absolute Gasteiger partial charge is 0.232 e. The van der Waals surface area contributed by atoms with Gasteiger partial charge in [-0.3, -0.25) is 9.89 Å². The quantitative estimate of drug-likeness (QED) is 0.846. The van der Waals surface area contributed by atoms with Crippen LogP contribution in [0.25, 0.3) is 11.3 Å². The number of H-pyrrole nitrogens is 1. The summed E-state index contributed by atoms with van der Waals surface area (Å²) in [6, 6.07) is 6.54. The van der Waals surface area contributed by atoms with Crippen molar-refractivity contribution in [3.63, 3.8) is 0 Å². The number of amides is 1. The van der Waals surface area contributed by atoms with Crippen LogP contribution < -0.4 is 5.32 Å². The summed E-state index contributed by atoms with van der Waals surface area (Å²) in [5, 5.41) is 9.64. The van der Waals surface area contributed by atoms with Crippen LogP contribution in [-0.2, 0) is 4.79 Å². The van der Waals surface area contributed by atoms with E-state index >= 15 is 0 Å². The number of hydrogen-bond acceptors (Lipinski definition) is 2. The minimum absolute atomic E-state index is 0.0692. The van der Waals surface area contributed by atoms with Gasteiger partial charge in [-0.15, -0.1) is 0 Å². The van der Waals surface area contributed by atoms with Gasteiger partial charge in [-0.05, 0) is 31.9 Å². The van der Waals surface area contributed by atoms with Crippen LogP contribution in [0, 0.1) is 18.2 Å². The first kappa shape index (κ1) is 14.5. The SMILES string of the molecule is Cc1ccc(F)c(-c2cc(NC(=O)C3(C)CC=CC3)n[nH]2)c1. The fourth-order valence-electron chi connectivity index (χ4n) is 2.59. The predicted molar refractivity (Wildman–Crippen MR) is 83.8 cm³/mol. The van der Waals surface area contributed by atoms with Gasteiger partial charge in [-0.2, -0.15) is 5.10 Å². The summed E-state index contributed by atoms with van der Waals surface area (Å²) in [7, 11) is 0. The molecule has 2 aromatic rings. The molecule has 1 aliphatic carbocycles. The van der Waals surface area contributed by atoms with Crippen LogP contribution in [0.5, 0.6) is 0 Å². The van der Waals surface area contributed by atoms with E-state index in [0.717, 1.165) is 18.4 Å². The summed E-state index contributed by atoms with van der Waals surface area (Å²) in [6.45, 7) is 3.83. The van der Waals surface area contributed by atoms with Gasteiger partial charge in [0.15, 0.2) is 5.82 Å². The van der Waals surface area contributed by atoms with Crippen LogP contribution in [-0.4, -0.2) is 16.1 Å². The average Bonchev–Trinajstić information content (AvgIpc) is 3.12. The van der Waals surface area contributed by atoms with Crippen molar-refractivity contribution < 1.29 is 9.18 Å². The molecule has 0 radical (unpaired) electrons. The number of rotatable bonds is 3. The predicted octanol–water partition coefficient (Wildman–Crippen LogP) is 3.82. The van der Waals surface area contributed by atoms with Crippen LogP contribution in [0.15, 0.2) is 36.4 Å². The second-order valence-corrected chi connectivity index (χ2v) is 6.04. The first-order valence-electron chi connectivity index (χ1n) is 7.26. The van der Waals surface area contributed by atoms with Crippen molar-refractivity contribution in [2.75, 3.05) is 5.32 Å². The number of aromatic amines is 1. The highest BCUT2D eigenvalue weighted by atomic mass is 19.1. The van der Waals surface area contributed by atoms with Crippen LogP contribution in [0.3, 0.4) is 0 Å². The first-order chi connectivity index (χ1) is 10.5. The Hall–Kier alpha value is -2.43. The molecule has 1 aliphatic rings. The van der Waals surface area contributed by atoms with Crippen LogP contribution in [0.4, 0.5) is 10.2 Å². The Morgan fingerprint density at radius 2 is 2.05 bits per heavy atom. The monoisotopic (exact) mass is 299 g/mol. The number of carbonyl (C=O) groups is 1. The number of nitrogens with zero attached hydrogens (tertiary/aromatic N) is 1. The maximum absolute atomic E-state index is 13.9. The molecule has 3 rings (SSSR count). The second-order valence-electron chi connectivity index (χ2n) is 6.04. The molecule has 0 unspecified atom stereocenters. The second kappa shape index (κ2) is 5.40. The van der Waals surface area contributed by atoms with Gasteiger partial charge in [0, 0.05) is 11.6 Å². The molecular weight excluding hydrogens is 281 g/mol. The first-order valence-corrected chi connectivity index (χ1v) is 7.26. The van der Waals surface area contributed by atoms with Crippen LogP contribution in [0.2, 0.25) is 0 Å². The maximum Gasteiger partial charge on any atom is 0.232 e. The summed E-state index contributed by atoms with van der Waals surface area (Å²) in [5.41, 5.74) is 1.53. The lowest BCUT2D eigenvalue weighted by Gasteiger charge is -2.21.